The molecule has 0 saturated heterocycles. The third-order valence-electron chi connectivity index (χ3n) is 2.35. The van der Waals surface area contributed by atoms with Crippen LogP contribution < -0.4 is 5.32 Å². The zero-order chi connectivity index (χ0) is 10.4. The van der Waals surface area contributed by atoms with Crippen LogP contribution in [0, 0.1) is 18.3 Å². The first-order chi connectivity index (χ1) is 6.76. The highest BCUT2D eigenvalue weighted by atomic mass is 14.9. The lowest BCUT2D eigenvalue weighted by atomic mass is 10.0. The fraction of sp³-hybridized carbons (Fsp3) is 0.417. The molecule has 0 radical (unpaired) electrons. The number of hydrogen-bond acceptors (Lipinski definition) is 2. The summed E-state index contributed by atoms with van der Waals surface area (Å²) < 4.78 is 0. The third-order valence-corrected chi connectivity index (χ3v) is 2.35. The van der Waals surface area contributed by atoms with Crippen molar-refractivity contribution in [2.24, 2.45) is 0 Å². The maximum atomic E-state index is 8.60. The summed E-state index contributed by atoms with van der Waals surface area (Å²) in [6.07, 6.45) is 1.48. The Labute approximate surface area is 85.6 Å². The van der Waals surface area contributed by atoms with Crippen molar-refractivity contribution in [3.05, 3.63) is 35.4 Å². The Kier molecular flexibility index (Phi) is 4.15. The van der Waals surface area contributed by atoms with Crippen LogP contribution in [0.15, 0.2) is 24.3 Å². The van der Waals surface area contributed by atoms with Crippen LogP contribution in [-0.2, 0) is 6.42 Å². The van der Waals surface area contributed by atoms with Gasteiger partial charge in [0.15, 0.2) is 0 Å². The molecule has 74 valence electrons. The van der Waals surface area contributed by atoms with Crippen molar-refractivity contribution >= 4 is 0 Å². The number of likely N-dealkylation sites (N-methyl/N-ethyl adjacent to an activating group) is 1. The van der Waals surface area contributed by atoms with Gasteiger partial charge in [0, 0.05) is 6.04 Å². The van der Waals surface area contributed by atoms with Gasteiger partial charge in [-0.1, -0.05) is 29.8 Å². The van der Waals surface area contributed by atoms with Gasteiger partial charge in [0.2, 0.25) is 0 Å². The van der Waals surface area contributed by atoms with E-state index in [9.17, 15) is 0 Å². The molecule has 0 amide bonds. The highest BCUT2D eigenvalue weighted by molar-refractivity contribution is 5.22. The van der Waals surface area contributed by atoms with Gasteiger partial charge >= 0.3 is 0 Å². The molecule has 14 heavy (non-hydrogen) atoms. The fourth-order valence-corrected chi connectivity index (χ4v) is 1.40. The van der Waals surface area contributed by atoms with Crippen LogP contribution in [0.3, 0.4) is 0 Å². The minimum Gasteiger partial charge on any atom is -0.316 e. The number of nitrogens with zero attached hydrogens (tertiary/aromatic N) is 1. The first-order valence-corrected chi connectivity index (χ1v) is 4.86. The Bertz CT molecular complexity index is 308. The molecule has 0 fully saturated rings. The average molecular weight is 188 g/mol. The van der Waals surface area contributed by atoms with E-state index in [-0.39, 0.29) is 6.04 Å². The van der Waals surface area contributed by atoms with E-state index in [4.69, 9.17) is 5.26 Å². The van der Waals surface area contributed by atoms with Gasteiger partial charge in [0.05, 0.1) is 12.5 Å². The van der Waals surface area contributed by atoms with E-state index in [0.717, 1.165) is 6.42 Å². The van der Waals surface area contributed by atoms with Crippen molar-refractivity contribution in [3.8, 4) is 6.07 Å². The summed E-state index contributed by atoms with van der Waals surface area (Å²) in [7, 11) is 1.90. The standard InChI is InChI=1S/C12H16N2/c1-10-3-5-11(6-4-10)9-12(14-2)7-8-13/h3-6,12,14H,7,9H2,1-2H3. The predicted molar refractivity (Wildman–Crippen MR) is 58.0 cm³/mol. The maximum Gasteiger partial charge on any atom is 0.0638 e. The van der Waals surface area contributed by atoms with Gasteiger partial charge in [-0.25, -0.2) is 0 Å². The largest absolute Gasteiger partial charge is 0.316 e. The number of hydrogen-bond donors (Lipinski definition) is 1. The fourth-order valence-electron chi connectivity index (χ4n) is 1.40. The van der Waals surface area contributed by atoms with Gasteiger partial charge in [-0.05, 0) is 26.0 Å². The van der Waals surface area contributed by atoms with E-state index in [1.165, 1.54) is 11.1 Å². The summed E-state index contributed by atoms with van der Waals surface area (Å²) in [6, 6.07) is 10.9. The average Bonchev–Trinajstić information content (AvgIpc) is 2.20. The summed E-state index contributed by atoms with van der Waals surface area (Å²) >= 11 is 0. The summed E-state index contributed by atoms with van der Waals surface area (Å²) in [5.74, 6) is 0. The number of rotatable bonds is 4. The van der Waals surface area contributed by atoms with E-state index < -0.39 is 0 Å². The van der Waals surface area contributed by atoms with Gasteiger partial charge in [-0.2, -0.15) is 5.26 Å². The second-order valence-electron chi connectivity index (χ2n) is 3.54. The molecule has 0 bridgehead atoms. The lowest BCUT2D eigenvalue weighted by Gasteiger charge is -2.12. The molecule has 0 heterocycles. The molecular formula is C12H16N2. The molecule has 1 unspecified atom stereocenters. The smallest absolute Gasteiger partial charge is 0.0638 e. The van der Waals surface area contributed by atoms with E-state index in [2.05, 4.69) is 42.6 Å². The minimum absolute atomic E-state index is 0.266. The summed E-state index contributed by atoms with van der Waals surface area (Å²) in [5.41, 5.74) is 2.56. The molecule has 1 aromatic carbocycles. The van der Waals surface area contributed by atoms with E-state index in [1.54, 1.807) is 0 Å². The minimum atomic E-state index is 0.266. The lowest BCUT2D eigenvalue weighted by molar-refractivity contribution is 0.570. The molecule has 0 aliphatic heterocycles. The molecule has 2 nitrogen and oxygen atoms in total. The SMILES string of the molecule is CNC(CC#N)Cc1ccc(C)cc1. The van der Waals surface area contributed by atoms with Crippen molar-refractivity contribution in [2.45, 2.75) is 25.8 Å². The quantitative estimate of drug-likeness (QED) is 0.784. The Balaban J connectivity index is 2.59. The Morgan fingerprint density at radius 1 is 1.36 bits per heavy atom. The molecule has 1 atom stereocenters. The molecule has 2 heteroatoms. The summed E-state index contributed by atoms with van der Waals surface area (Å²) in [5, 5.41) is 11.7. The Morgan fingerprint density at radius 2 is 2.00 bits per heavy atom. The first-order valence-electron chi connectivity index (χ1n) is 4.86. The molecule has 0 saturated carbocycles. The van der Waals surface area contributed by atoms with Gasteiger partial charge < -0.3 is 5.32 Å². The van der Waals surface area contributed by atoms with Gasteiger partial charge in [-0.15, -0.1) is 0 Å². The number of nitrogens with one attached hydrogen (secondary N) is 1. The molecule has 1 aromatic rings. The van der Waals surface area contributed by atoms with Crippen molar-refractivity contribution in [1.82, 2.24) is 5.32 Å². The predicted octanol–water partition coefficient (Wildman–Crippen LogP) is 2.04. The van der Waals surface area contributed by atoms with Gasteiger partial charge in [0.25, 0.3) is 0 Å². The second kappa shape index (κ2) is 5.41. The van der Waals surface area contributed by atoms with Crippen LogP contribution in [0.1, 0.15) is 17.5 Å². The number of benzene rings is 1. The molecule has 0 spiro atoms. The number of aryl methyl sites for hydroxylation is 1. The van der Waals surface area contributed by atoms with E-state index in [1.807, 2.05) is 7.05 Å². The number of nitriles is 1. The van der Waals surface area contributed by atoms with Crippen molar-refractivity contribution < 1.29 is 0 Å². The second-order valence-corrected chi connectivity index (χ2v) is 3.54. The zero-order valence-electron chi connectivity index (χ0n) is 8.75. The van der Waals surface area contributed by atoms with Gasteiger partial charge in [-0.3, -0.25) is 0 Å². The van der Waals surface area contributed by atoms with Gasteiger partial charge in [0.1, 0.15) is 0 Å². The van der Waals surface area contributed by atoms with Crippen LogP contribution in [0.25, 0.3) is 0 Å². The molecule has 1 rings (SSSR count). The summed E-state index contributed by atoms with van der Waals surface area (Å²) in [6.45, 7) is 2.08. The van der Waals surface area contributed by atoms with Crippen LogP contribution in [-0.4, -0.2) is 13.1 Å². The van der Waals surface area contributed by atoms with Crippen molar-refractivity contribution in [1.29, 1.82) is 5.26 Å². The summed E-state index contributed by atoms with van der Waals surface area (Å²) in [4.78, 5) is 0. The highest BCUT2D eigenvalue weighted by Gasteiger charge is 2.05. The molecular weight excluding hydrogens is 172 g/mol. The van der Waals surface area contributed by atoms with Crippen molar-refractivity contribution in [2.75, 3.05) is 7.05 Å². The molecule has 1 N–H and O–H groups in total. The molecule has 0 aliphatic rings. The highest BCUT2D eigenvalue weighted by Crippen LogP contribution is 2.07. The van der Waals surface area contributed by atoms with Crippen molar-refractivity contribution in [3.63, 3.8) is 0 Å². The Morgan fingerprint density at radius 3 is 2.50 bits per heavy atom. The topological polar surface area (TPSA) is 35.8 Å². The van der Waals surface area contributed by atoms with Crippen LogP contribution >= 0.6 is 0 Å². The van der Waals surface area contributed by atoms with E-state index >= 15 is 0 Å². The third kappa shape index (κ3) is 3.20. The zero-order valence-corrected chi connectivity index (χ0v) is 8.75. The Hall–Kier alpha value is -1.33. The maximum absolute atomic E-state index is 8.60. The monoisotopic (exact) mass is 188 g/mol. The first kappa shape index (κ1) is 10.7. The normalized spacial score (nSPS) is 12.1. The lowest BCUT2D eigenvalue weighted by Crippen LogP contribution is -2.26. The van der Waals surface area contributed by atoms with Crippen LogP contribution in [0.2, 0.25) is 0 Å². The molecule has 0 aliphatic carbocycles. The van der Waals surface area contributed by atoms with Crippen LogP contribution in [0.5, 0.6) is 0 Å². The van der Waals surface area contributed by atoms with Crippen LogP contribution in [0.4, 0.5) is 0 Å². The van der Waals surface area contributed by atoms with E-state index in [0.29, 0.717) is 6.42 Å². The molecule has 0 aromatic heterocycles.